The van der Waals surface area contributed by atoms with Gasteiger partial charge in [-0.3, -0.25) is 9.59 Å². The number of rotatable bonds is 5. The molecule has 6 nitrogen and oxygen atoms in total. The fraction of sp³-hybridized carbons (Fsp3) is 0.353. The van der Waals surface area contributed by atoms with Crippen LogP contribution < -0.4 is 4.90 Å². The smallest absolute Gasteiger partial charge is 0.289 e. The molecule has 3 fully saturated rings. The van der Waals surface area contributed by atoms with E-state index in [4.69, 9.17) is 4.74 Å². The highest BCUT2D eigenvalue weighted by Crippen LogP contribution is 2.34. The first-order chi connectivity index (χ1) is 20.0. The number of amides is 2. The van der Waals surface area contributed by atoms with E-state index in [0.29, 0.717) is 49.7 Å². The number of hydrogen-bond donors (Lipinski definition) is 0. The normalized spacial score (nSPS) is 22.0. The number of ether oxygens (including phenoxy) is 1. The monoisotopic (exact) mass is 553 g/mol. The number of fused-ring (bicyclic) bond motifs is 1. The zero-order valence-electron chi connectivity index (χ0n) is 23.5. The van der Waals surface area contributed by atoms with Crippen molar-refractivity contribution in [3.63, 3.8) is 0 Å². The Balaban J connectivity index is 1.13. The van der Waals surface area contributed by atoms with Gasteiger partial charge in [0.15, 0.2) is 5.76 Å². The molecule has 2 unspecified atom stereocenters. The standard InChI is InChI=1S/C34H36FN3O3/c1-24-10-12-26(13-11-24)23-38-30-8-4-5-9-31(30)41-32(34(38)40)22-25-14-16-27(17-15-25)33(39)37-20-18-36(19-21-37)29-7-3-2-6-28(29)35/h2-3,6-7,10-17,22,30-31H,4-5,8-9,18-21,23H2,1H3/b32-22+. The third-order valence-corrected chi connectivity index (χ3v) is 8.51. The summed E-state index contributed by atoms with van der Waals surface area (Å²) in [6.07, 6.45) is 5.91. The summed E-state index contributed by atoms with van der Waals surface area (Å²) in [6.45, 7) is 4.85. The van der Waals surface area contributed by atoms with Gasteiger partial charge >= 0.3 is 0 Å². The highest BCUT2D eigenvalue weighted by molar-refractivity contribution is 5.97. The fourth-order valence-corrected chi connectivity index (χ4v) is 6.17. The molecular formula is C34H36FN3O3. The van der Waals surface area contributed by atoms with E-state index in [-0.39, 0.29) is 29.8 Å². The summed E-state index contributed by atoms with van der Waals surface area (Å²) in [5.41, 5.74) is 4.31. The van der Waals surface area contributed by atoms with Crippen LogP contribution in [0.25, 0.3) is 6.08 Å². The molecule has 2 atom stereocenters. The number of hydrogen-bond acceptors (Lipinski definition) is 4. The molecule has 41 heavy (non-hydrogen) atoms. The summed E-state index contributed by atoms with van der Waals surface area (Å²) in [7, 11) is 0. The number of piperazine rings is 1. The summed E-state index contributed by atoms with van der Waals surface area (Å²) < 4.78 is 20.5. The number of nitrogens with zero attached hydrogens (tertiary/aromatic N) is 3. The van der Waals surface area contributed by atoms with Crippen LogP contribution in [0.3, 0.4) is 0 Å². The number of carbonyl (C=O) groups excluding carboxylic acids is 2. The van der Waals surface area contributed by atoms with Gasteiger partial charge in [0.2, 0.25) is 0 Å². The third kappa shape index (κ3) is 5.85. The summed E-state index contributed by atoms with van der Waals surface area (Å²) in [5, 5.41) is 0. The van der Waals surface area contributed by atoms with Crippen molar-refractivity contribution in [2.45, 2.75) is 51.3 Å². The quantitative estimate of drug-likeness (QED) is 0.375. The van der Waals surface area contributed by atoms with Crippen molar-refractivity contribution in [2.75, 3.05) is 31.1 Å². The van der Waals surface area contributed by atoms with Crippen LogP contribution in [0.15, 0.2) is 78.6 Å². The number of morpholine rings is 1. The average Bonchev–Trinajstić information content (AvgIpc) is 3.00. The zero-order chi connectivity index (χ0) is 28.3. The molecule has 1 aliphatic carbocycles. The molecule has 0 N–H and O–H groups in total. The van der Waals surface area contributed by atoms with Gasteiger partial charge in [0, 0.05) is 38.3 Å². The Morgan fingerprint density at radius 1 is 0.927 bits per heavy atom. The van der Waals surface area contributed by atoms with E-state index in [2.05, 4.69) is 31.2 Å². The van der Waals surface area contributed by atoms with Crippen LogP contribution in [0.4, 0.5) is 10.1 Å². The molecule has 1 saturated carbocycles. The molecule has 0 bridgehead atoms. The summed E-state index contributed by atoms with van der Waals surface area (Å²) in [5.74, 6) is -0.00315. The molecule has 0 radical (unpaired) electrons. The molecule has 212 valence electrons. The second-order valence-electron chi connectivity index (χ2n) is 11.3. The van der Waals surface area contributed by atoms with Crippen LogP contribution in [-0.2, 0) is 16.1 Å². The first-order valence-electron chi connectivity index (χ1n) is 14.6. The van der Waals surface area contributed by atoms with Crippen molar-refractivity contribution in [1.82, 2.24) is 9.80 Å². The molecule has 2 heterocycles. The van der Waals surface area contributed by atoms with Crippen molar-refractivity contribution in [1.29, 1.82) is 0 Å². The van der Waals surface area contributed by atoms with Gasteiger partial charge < -0.3 is 19.4 Å². The Hall–Kier alpha value is -4.13. The molecule has 3 aromatic rings. The van der Waals surface area contributed by atoms with E-state index in [0.717, 1.165) is 36.8 Å². The van der Waals surface area contributed by atoms with Crippen molar-refractivity contribution >= 4 is 23.6 Å². The second kappa shape index (κ2) is 11.8. The molecule has 2 amide bonds. The van der Waals surface area contributed by atoms with E-state index in [9.17, 15) is 14.0 Å². The van der Waals surface area contributed by atoms with Gasteiger partial charge in [-0.2, -0.15) is 0 Å². The minimum atomic E-state index is -0.241. The molecule has 3 aliphatic rings. The predicted molar refractivity (Wildman–Crippen MR) is 158 cm³/mol. The topological polar surface area (TPSA) is 53.1 Å². The molecule has 2 aliphatic heterocycles. The lowest BCUT2D eigenvalue weighted by Gasteiger charge is -2.44. The first kappa shape index (κ1) is 27.1. The van der Waals surface area contributed by atoms with Crippen LogP contribution in [-0.4, -0.2) is 59.9 Å². The average molecular weight is 554 g/mol. The van der Waals surface area contributed by atoms with Gasteiger partial charge in [-0.15, -0.1) is 0 Å². The largest absolute Gasteiger partial charge is 0.482 e. The number of benzene rings is 3. The van der Waals surface area contributed by atoms with E-state index in [1.54, 1.807) is 30.3 Å². The Bertz CT molecular complexity index is 1430. The van der Waals surface area contributed by atoms with Crippen LogP contribution in [0.2, 0.25) is 0 Å². The first-order valence-corrected chi connectivity index (χ1v) is 14.6. The molecular weight excluding hydrogens is 517 g/mol. The number of anilines is 1. The van der Waals surface area contributed by atoms with Gasteiger partial charge in [-0.1, -0.05) is 60.5 Å². The maximum atomic E-state index is 14.2. The lowest BCUT2D eigenvalue weighted by molar-refractivity contribution is -0.149. The number of halogens is 1. The minimum absolute atomic E-state index is 0.00188. The maximum absolute atomic E-state index is 14.2. The van der Waals surface area contributed by atoms with Crippen molar-refractivity contribution in [3.05, 3.63) is 107 Å². The van der Waals surface area contributed by atoms with E-state index < -0.39 is 0 Å². The fourth-order valence-electron chi connectivity index (χ4n) is 6.17. The highest BCUT2D eigenvalue weighted by Gasteiger charge is 2.41. The van der Waals surface area contributed by atoms with Crippen LogP contribution in [0.1, 0.15) is 52.7 Å². The Morgan fingerprint density at radius 2 is 1.63 bits per heavy atom. The van der Waals surface area contributed by atoms with Gasteiger partial charge in [0.25, 0.3) is 11.8 Å². The molecule has 0 aromatic heterocycles. The van der Waals surface area contributed by atoms with Crippen molar-refractivity contribution in [2.24, 2.45) is 0 Å². The Kier molecular flexibility index (Phi) is 7.77. The van der Waals surface area contributed by atoms with Crippen LogP contribution in [0, 0.1) is 12.7 Å². The summed E-state index contributed by atoms with van der Waals surface area (Å²) in [6, 6.07) is 22.5. The molecule has 7 heteroatoms. The number of para-hydroxylation sites is 1. The van der Waals surface area contributed by atoms with Gasteiger partial charge in [0.1, 0.15) is 11.9 Å². The Labute approximate surface area is 241 Å². The van der Waals surface area contributed by atoms with Crippen molar-refractivity contribution in [3.8, 4) is 0 Å². The van der Waals surface area contributed by atoms with Gasteiger partial charge in [0.05, 0.1) is 11.7 Å². The minimum Gasteiger partial charge on any atom is -0.482 e. The third-order valence-electron chi connectivity index (χ3n) is 8.51. The van der Waals surface area contributed by atoms with Crippen LogP contribution in [0.5, 0.6) is 0 Å². The van der Waals surface area contributed by atoms with E-state index >= 15 is 0 Å². The summed E-state index contributed by atoms with van der Waals surface area (Å²) in [4.78, 5) is 32.6. The second-order valence-corrected chi connectivity index (χ2v) is 11.3. The predicted octanol–water partition coefficient (Wildman–Crippen LogP) is 5.81. The lowest BCUT2D eigenvalue weighted by atomic mass is 9.89. The summed E-state index contributed by atoms with van der Waals surface area (Å²) >= 11 is 0. The van der Waals surface area contributed by atoms with E-state index in [1.807, 2.05) is 32.9 Å². The number of carbonyl (C=O) groups is 2. The molecule has 2 saturated heterocycles. The van der Waals surface area contributed by atoms with Gasteiger partial charge in [-0.25, -0.2) is 4.39 Å². The highest BCUT2D eigenvalue weighted by atomic mass is 19.1. The SMILES string of the molecule is Cc1ccc(CN2C(=O)/C(=C\c3ccc(C(=O)N4CCN(c5ccccc5F)CC4)cc3)OC3CCCCC32)cc1. The molecule has 6 rings (SSSR count). The number of aryl methyl sites for hydroxylation is 1. The molecule has 3 aromatic carbocycles. The van der Waals surface area contributed by atoms with Crippen molar-refractivity contribution < 1.29 is 18.7 Å². The Morgan fingerprint density at radius 3 is 2.37 bits per heavy atom. The zero-order valence-corrected chi connectivity index (χ0v) is 23.5. The van der Waals surface area contributed by atoms with Gasteiger partial charge in [-0.05, 0) is 67.7 Å². The lowest BCUT2D eigenvalue weighted by Crippen LogP contribution is -2.54. The van der Waals surface area contributed by atoms with Crippen LogP contribution >= 0.6 is 0 Å². The van der Waals surface area contributed by atoms with E-state index in [1.165, 1.54) is 11.6 Å². The maximum Gasteiger partial charge on any atom is 0.289 e. The molecule has 0 spiro atoms.